The van der Waals surface area contributed by atoms with Gasteiger partial charge in [-0.2, -0.15) is 0 Å². The first-order chi connectivity index (χ1) is 12.2. The standard InChI is InChI=1S/C19H20N4OS/c1-22-8-10-23(11-9-22)21-19(24)15-13-17(18-7-4-12-25-18)20-16-6-3-2-5-14(15)16/h2-7,12-13H,8-11H2,1H3,(H,21,24). The molecule has 3 heterocycles. The molecule has 0 bridgehead atoms. The highest BCUT2D eigenvalue weighted by atomic mass is 32.1. The molecule has 1 N–H and O–H groups in total. The number of hydrazine groups is 1. The number of benzene rings is 1. The summed E-state index contributed by atoms with van der Waals surface area (Å²) in [5, 5.41) is 4.91. The maximum atomic E-state index is 12.9. The maximum absolute atomic E-state index is 12.9. The van der Waals surface area contributed by atoms with Gasteiger partial charge in [-0.1, -0.05) is 24.3 Å². The number of hydrogen-bond donors (Lipinski definition) is 1. The molecule has 25 heavy (non-hydrogen) atoms. The fourth-order valence-corrected chi connectivity index (χ4v) is 3.72. The second kappa shape index (κ2) is 6.92. The minimum atomic E-state index is -0.0686. The van der Waals surface area contributed by atoms with Crippen LogP contribution in [0.5, 0.6) is 0 Å². The number of carbonyl (C=O) groups excluding carboxylic acids is 1. The van der Waals surface area contributed by atoms with Gasteiger partial charge in [0.2, 0.25) is 0 Å². The zero-order valence-electron chi connectivity index (χ0n) is 14.1. The van der Waals surface area contributed by atoms with Crippen LogP contribution in [0, 0.1) is 0 Å². The highest BCUT2D eigenvalue weighted by Crippen LogP contribution is 2.27. The Labute approximate surface area is 150 Å². The molecular weight excluding hydrogens is 332 g/mol. The first kappa shape index (κ1) is 16.2. The average molecular weight is 352 g/mol. The number of carbonyl (C=O) groups is 1. The highest BCUT2D eigenvalue weighted by Gasteiger charge is 2.19. The smallest absolute Gasteiger partial charge is 0.266 e. The van der Waals surface area contributed by atoms with Crippen molar-refractivity contribution in [3.8, 4) is 10.6 Å². The zero-order chi connectivity index (χ0) is 17.2. The van der Waals surface area contributed by atoms with E-state index in [1.165, 1.54) is 0 Å². The maximum Gasteiger partial charge on any atom is 0.266 e. The van der Waals surface area contributed by atoms with Crippen molar-refractivity contribution in [1.82, 2.24) is 20.3 Å². The van der Waals surface area contributed by atoms with Crippen LogP contribution < -0.4 is 5.43 Å². The molecule has 1 fully saturated rings. The Hall–Kier alpha value is -2.28. The van der Waals surface area contributed by atoms with Gasteiger partial charge >= 0.3 is 0 Å². The lowest BCUT2D eigenvalue weighted by Gasteiger charge is -2.32. The first-order valence-corrected chi connectivity index (χ1v) is 9.27. The molecule has 0 radical (unpaired) electrons. The fraction of sp³-hybridized carbons (Fsp3) is 0.263. The number of aromatic nitrogens is 1. The van der Waals surface area contributed by atoms with Crippen molar-refractivity contribution < 1.29 is 4.79 Å². The molecule has 3 aromatic rings. The van der Waals surface area contributed by atoms with E-state index in [9.17, 15) is 4.79 Å². The third kappa shape index (κ3) is 3.42. The van der Waals surface area contributed by atoms with Gasteiger partial charge in [0.15, 0.2) is 0 Å². The van der Waals surface area contributed by atoms with Crippen LogP contribution in [0.25, 0.3) is 21.5 Å². The number of amides is 1. The molecule has 1 aromatic carbocycles. The summed E-state index contributed by atoms with van der Waals surface area (Å²) in [4.78, 5) is 21.0. The molecule has 128 valence electrons. The second-order valence-corrected chi connectivity index (χ2v) is 7.23. The summed E-state index contributed by atoms with van der Waals surface area (Å²) in [7, 11) is 2.10. The van der Waals surface area contributed by atoms with Crippen molar-refractivity contribution in [3.05, 3.63) is 53.4 Å². The van der Waals surface area contributed by atoms with Crippen LogP contribution in [0.2, 0.25) is 0 Å². The summed E-state index contributed by atoms with van der Waals surface area (Å²) in [5.41, 5.74) is 5.43. The summed E-state index contributed by atoms with van der Waals surface area (Å²) >= 11 is 1.63. The second-order valence-electron chi connectivity index (χ2n) is 6.28. The Morgan fingerprint density at radius 2 is 1.92 bits per heavy atom. The summed E-state index contributed by atoms with van der Waals surface area (Å²) < 4.78 is 0. The van der Waals surface area contributed by atoms with Gasteiger partial charge in [-0.05, 0) is 30.6 Å². The van der Waals surface area contributed by atoms with E-state index in [-0.39, 0.29) is 5.91 Å². The topological polar surface area (TPSA) is 48.5 Å². The molecule has 1 aliphatic rings. The van der Waals surface area contributed by atoms with E-state index in [0.29, 0.717) is 5.56 Å². The van der Waals surface area contributed by atoms with Crippen molar-refractivity contribution in [2.75, 3.05) is 33.2 Å². The molecule has 1 aliphatic heterocycles. The zero-order valence-corrected chi connectivity index (χ0v) is 14.9. The average Bonchev–Trinajstić information content (AvgIpc) is 3.17. The molecule has 1 amide bonds. The Kier molecular flexibility index (Phi) is 4.48. The van der Waals surface area contributed by atoms with E-state index in [2.05, 4.69) is 17.4 Å². The molecule has 6 heteroatoms. The van der Waals surface area contributed by atoms with Crippen molar-refractivity contribution in [2.45, 2.75) is 0 Å². The van der Waals surface area contributed by atoms with Crippen LogP contribution in [-0.4, -0.2) is 54.0 Å². The largest absolute Gasteiger partial charge is 0.304 e. The van der Waals surface area contributed by atoms with Crippen molar-refractivity contribution in [2.24, 2.45) is 0 Å². The summed E-state index contributed by atoms with van der Waals surface area (Å²) in [6.45, 7) is 3.59. The van der Waals surface area contributed by atoms with Gasteiger partial charge in [-0.25, -0.2) is 9.99 Å². The molecule has 0 atom stereocenters. The van der Waals surface area contributed by atoms with Crippen molar-refractivity contribution in [1.29, 1.82) is 0 Å². The van der Waals surface area contributed by atoms with Gasteiger partial charge < -0.3 is 4.90 Å². The number of rotatable bonds is 3. The Morgan fingerprint density at radius 3 is 2.68 bits per heavy atom. The predicted octanol–water partition coefficient (Wildman–Crippen LogP) is 2.86. The number of para-hydroxylation sites is 1. The lowest BCUT2D eigenvalue weighted by molar-refractivity contribution is 0.0664. The van der Waals surface area contributed by atoms with Gasteiger partial charge in [0.05, 0.1) is 21.7 Å². The van der Waals surface area contributed by atoms with Crippen LogP contribution in [0.15, 0.2) is 47.8 Å². The van der Waals surface area contributed by atoms with E-state index in [4.69, 9.17) is 4.98 Å². The first-order valence-electron chi connectivity index (χ1n) is 8.39. The van der Waals surface area contributed by atoms with Gasteiger partial charge in [-0.15, -0.1) is 11.3 Å². The Morgan fingerprint density at radius 1 is 1.12 bits per heavy atom. The van der Waals surface area contributed by atoms with E-state index in [1.807, 2.05) is 52.9 Å². The minimum absolute atomic E-state index is 0.0686. The lowest BCUT2D eigenvalue weighted by Crippen LogP contribution is -2.52. The number of nitrogens with zero attached hydrogens (tertiary/aromatic N) is 3. The molecule has 4 rings (SSSR count). The fourth-order valence-electron chi connectivity index (χ4n) is 3.04. The van der Waals surface area contributed by atoms with Crippen LogP contribution in [0.3, 0.4) is 0 Å². The number of thiophene rings is 1. The van der Waals surface area contributed by atoms with Gasteiger partial charge in [0.1, 0.15) is 0 Å². The number of hydrogen-bond acceptors (Lipinski definition) is 5. The highest BCUT2D eigenvalue weighted by molar-refractivity contribution is 7.13. The number of pyridine rings is 1. The Bertz CT molecular complexity index is 886. The summed E-state index contributed by atoms with van der Waals surface area (Å²) in [5.74, 6) is -0.0686. The van der Waals surface area contributed by atoms with E-state index in [0.717, 1.165) is 47.7 Å². The van der Waals surface area contributed by atoms with E-state index in [1.54, 1.807) is 11.3 Å². The van der Waals surface area contributed by atoms with Crippen LogP contribution in [0.4, 0.5) is 0 Å². The van der Waals surface area contributed by atoms with E-state index >= 15 is 0 Å². The molecule has 0 saturated carbocycles. The summed E-state index contributed by atoms with van der Waals surface area (Å²) in [6.07, 6.45) is 0. The van der Waals surface area contributed by atoms with Crippen LogP contribution >= 0.6 is 11.3 Å². The molecule has 0 aliphatic carbocycles. The molecule has 5 nitrogen and oxygen atoms in total. The number of nitrogens with one attached hydrogen (secondary N) is 1. The number of fused-ring (bicyclic) bond motifs is 1. The third-order valence-electron chi connectivity index (χ3n) is 4.50. The van der Waals surface area contributed by atoms with Gasteiger partial charge in [-0.3, -0.25) is 10.2 Å². The third-order valence-corrected chi connectivity index (χ3v) is 5.39. The van der Waals surface area contributed by atoms with Gasteiger partial charge in [0, 0.05) is 31.6 Å². The normalized spacial score (nSPS) is 16.2. The van der Waals surface area contributed by atoms with Crippen LogP contribution in [-0.2, 0) is 0 Å². The summed E-state index contributed by atoms with van der Waals surface area (Å²) in [6, 6.07) is 13.8. The predicted molar refractivity (Wildman–Crippen MR) is 102 cm³/mol. The molecular formula is C19H20N4OS. The number of piperazine rings is 1. The van der Waals surface area contributed by atoms with Crippen molar-refractivity contribution >= 4 is 28.1 Å². The van der Waals surface area contributed by atoms with Crippen LogP contribution in [0.1, 0.15) is 10.4 Å². The molecule has 0 spiro atoms. The monoisotopic (exact) mass is 352 g/mol. The van der Waals surface area contributed by atoms with Crippen molar-refractivity contribution in [3.63, 3.8) is 0 Å². The Balaban J connectivity index is 1.68. The minimum Gasteiger partial charge on any atom is -0.304 e. The quantitative estimate of drug-likeness (QED) is 0.787. The SMILES string of the molecule is CN1CCN(NC(=O)c2cc(-c3cccs3)nc3ccccc23)CC1. The van der Waals surface area contributed by atoms with E-state index < -0.39 is 0 Å². The van der Waals surface area contributed by atoms with Gasteiger partial charge in [0.25, 0.3) is 5.91 Å². The lowest BCUT2D eigenvalue weighted by atomic mass is 10.1. The molecule has 1 saturated heterocycles. The molecule has 0 unspecified atom stereocenters. The molecule has 2 aromatic heterocycles. The number of likely N-dealkylation sites (N-methyl/N-ethyl adjacent to an activating group) is 1.